The van der Waals surface area contributed by atoms with Crippen molar-refractivity contribution in [3.05, 3.63) is 375 Å². The lowest BCUT2D eigenvalue weighted by atomic mass is 9.87. The van der Waals surface area contributed by atoms with E-state index < -0.39 is 0 Å². The zero-order valence-corrected chi connectivity index (χ0v) is 57.3. The van der Waals surface area contributed by atoms with Gasteiger partial charge in [0.2, 0.25) is 0 Å². The van der Waals surface area contributed by atoms with Crippen molar-refractivity contribution in [1.82, 2.24) is 19.1 Å². The van der Waals surface area contributed by atoms with Crippen molar-refractivity contribution in [3.63, 3.8) is 0 Å². The van der Waals surface area contributed by atoms with Gasteiger partial charge in [-0.3, -0.25) is 9.97 Å². The van der Waals surface area contributed by atoms with Gasteiger partial charge < -0.3 is 9.13 Å². The molecule has 4 aromatic heterocycles. The lowest BCUT2D eigenvalue weighted by Crippen LogP contribution is -1.94. The van der Waals surface area contributed by atoms with Crippen LogP contribution < -0.4 is 0 Å². The zero-order chi connectivity index (χ0) is 70.3. The highest BCUT2D eigenvalue weighted by Crippen LogP contribution is 2.46. The van der Waals surface area contributed by atoms with Gasteiger partial charge in [-0.1, -0.05) is 255 Å². The maximum Gasteiger partial charge on any atom is 0.0992 e. The Bertz CT molecular complexity index is 7240. The van der Waals surface area contributed by atoms with E-state index in [-0.39, 0.29) is 0 Å². The van der Waals surface area contributed by atoms with Crippen LogP contribution in [0.25, 0.3) is 197 Å². The van der Waals surface area contributed by atoms with Crippen LogP contribution in [0, 0.1) is 22.7 Å². The molecule has 106 heavy (non-hydrogen) atoms. The summed E-state index contributed by atoms with van der Waals surface area (Å²) in [5, 5.41) is 41.2. The van der Waals surface area contributed by atoms with Crippen LogP contribution in [0.2, 0.25) is 0 Å². The first-order valence-electron chi connectivity index (χ1n) is 35.8. The minimum Gasteiger partial charge on any atom is -0.309 e. The summed E-state index contributed by atoms with van der Waals surface area (Å²) in [6, 6.07) is 129. The molecule has 0 saturated heterocycles. The van der Waals surface area contributed by atoms with Crippen molar-refractivity contribution in [2.24, 2.45) is 0 Å². The van der Waals surface area contributed by atoms with Gasteiger partial charge in [0.1, 0.15) is 0 Å². The van der Waals surface area contributed by atoms with E-state index in [1.807, 2.05) is 60.9 Å². The largest absolute Gasteiger partial charge is 0.309 e. The number of nitriles is 2. The van der Waals surface area contributed by atoms with Gasteiger partial charge in [0.05, 0.1) is 56.7 Å². The van der Waals surface area contributed by atoms with Crippen LogP contribution in [0.15, 0.2) is 364 Å². The smallest absolute Gasteiger partial charge is 0.0992 e. The molecule has 0 amide bonds. The van der Waals surface area contributed by atoms with Crippen molar-refractivity contribution < 1.29 is 0 Å². The summed E-state index contributed by atoms with van der Waals surface area (Å²) in [5.41, 5.74) is 20.9. The van der Waals surface area contributed by atoms with E-state index in [2.05, 4.69) is 325 Å². The van der Waals surface area contributed by atoms with Gasteiger partial charge in [-0.05, 0) is 206 Å². The predicted molar refractivity (Wildman–Crippen MR) is 442 cm³/mol. The van der Waals surface area contributed by atoms with E-state index in [0.717, 1.165) is 94.2 Å². The topological polar surface area (TPSA) is 83.2 Å². The van der Waals surface area contributed by atoms with Crippen molar-refractivity contribution in [2.45, 2.75) is 0 Å². The van der Waals surface area contributed by atoms with Crippen molar-refractivity contribution in [1.29, 1.82) is 10.5 Å². The van der Waals surface area contributed by atoms with E-state index in [0.29, 0.717) is 11.1 Å². The maximum atomic E-state index is 9.71. The fraction of sp³-hybridized carbons (Fsp3) is 0. The summed E-state index contributed by atoms with van der Waals surface area (Å²) in [6.45, 7) is 0. The lowest BCUT2D eigenvalue weighted by Gasteiger charge is -2.17. The molecular formula is C100H60N6. The third kappa shape index (κ3) is 10.2. The third-order valence-electron chi connectivity index (χ3n) is 21.5. The average Bonchev–Trinajstić information content (AvgIpc) is 0.995. The number of benzene rings is 17. The number of para-hydroxylation sites is 2. The Balaban J connectivity index is 0.000000141. The Morgan fingerprint density at radius 3 is 0.953 bits per heavy atom. The first-order chi connectivity index (χ1) is 52.5. The highest BCUT2D eigenvalue weighted by atomic mass is 15.0. The Hall–Kier alpha value is -14.6. The predicted octanol–water partition coefficient (Wildman–Crippen LogP) is 26.2. The summed E-state index contributed by atoms with van der Waals surface area (Å²) in [5.74, 6) is 0. The first kappa shape index (κ1) is 61.3. The standard InChI is InChI=1S/C52H31N3.C48H29N3/c53-31-33-21-24-44-45-25-22-35(28-52(45)55(51(44)27-33)37-13-2-1-3-14-37)50-26-23-36(32-54-50)46-29-48-43-19-9-8-18-42(43)47(30-49(48)41-17-7-6-16-40(41)46)39-20-10-12-34-11-4-5-15-38(34)39;49-29-31-19-22-40-41-23-20-33(26-48(41)51(47(40)25-31)35-13-5-2-6-14-35)46-24-21-34(30-50-46)43-28-45-38-17-9-7-15-36(38)42(32-11-3-1-4-12-32)27-44(45)39-18-10-8-16-37(39)43/h1-30,32H;1-28,30H. The van der Waals surface area contributed by atoms with Crippen molar-refractivity contribution in [2.75, 3.05) is 0 Å². The number of nitrogens with zero attached hydrogens (tertiary/aromatic N) is 6. The average molecular weight is 1350 g/mol. The Morgan fingerprint density at radius 2 is 0.538 bits per heavy atom. The number of pyridine rings is 2. The first-order valence-corrected chi connectivity index (χ1v) is 35.8. The normalized spacial score (nSPS) is 11.6. The van der Waals surface area contributed by atoms with Gasteiger partial charge in [0.15, 0.2) is 0 Å². The van der Waals surface area contributed by atoms with Gasteiger partial charge in [-0.2, -0.15) is 10.5 Å². The molecule has 0 aliphatic heterocycles. The van der Waals surface area contributed by atoms with Crippen molar-refractivity contribution >= 4 is 119 Å². The Morgan fingerprint density at radius 1 is 0.208 bits per heavy atom. The number of aromatic nitrogens is 4. The van der Waals surface area contributed by atoms with Crippen molar-refractivity contribution in [3.8, 4) is 90.5 Å². The van der Waals surface area contributed by atoms with Crippen LogP contribution in [-0.2, 0) is 0 Å². The fourth-order valence-electron chi connectivity index (χ4n) is 16.6. The molecule has 0 unspecified atom stereocenters. The molecule has 6 nitrogen and oxygen atoms in total. The Labute approximate surface area is 610 Å². The van der Waals surface area contributed by atoms with E-state index >= 15 is 0 Å². The Kier molecular flexibility index (Phi) is 14.6. The molecule has 17 aromatic carbocycles. The minimum atomic E-state index is 0.643. The van der Waals surface area contributed by atoms with E-state index in [1.54, 1.807) is 0 Å². The van der Waals surface area contributed by atoms with Gasteiger partial charge in [-0.25, -0.2) is 0 Å². The summed E-state index contributed by atoms with van der Waals surface area (Å²) in [7, 11) is 0. The summed E-state index contributed by atoms with van der Waals surface area (Å²) in [4.78, 5) is 10.2. The summed E-state index contributed by atoms with van der Waals surface area (Å²) < 4.78 is 4.50. The van der Waals surface area contributed by atoms with Gasteiger partial charge in [0.25, 0.3) is 0 Å². The molecule has 0 aliphatic rings. The van der Waals surface area contributed by atoms with Gasteiger partial charge in [0, 0.05) is 67.6 Å². The highest BCUT2D eigenvalue weighted by molar-refractivity contribution is 6.26. The molecule has 0 N–H and O–H groups in total. The SMILES string of the molecule is N#Cc1ccc2c3ccc(-c4ccc(-c5cc6c7ccccc7c(-c7cccc8ccccc78)cc6c6ccccc56)cn4)cc3n(-c3ccccc3)c2c1.N#Cc1ccc2c3ccc(-c4ccc(-c5cc6c7ccccc7c(-c7ccccc7)cc6c6ccccc56)cn4)cc3n(-c3ccccc3)c2c1. The molecule has 0 saturated carbocycles. The number of hydrogen-bond donors (Lipinski definition) is 0. The highest BCUT2D eigenvalue weighted by Gasteiger charge is 2.21. The number of hydrogen-bond acceptors (Lipinski definition) is 4. The zero-order valence-electron chi connectivity index (χ0n) is 57.3. The molecule has 4 heterocycles. The molecule has 0 radical (unpaired) electrons. The summed E-state index contributed by atoms with van der Waals surface area (Å²) >= 11 is 0. The molecule has 0 aliphatic carbocycles. The second kappa shape index (κ2) is 25.2. The molecule has 490 valence electrons. The number of rotatable bonds is 8. The van der Waals surface area contributed by atoms with Crippen LogP contribution in [0.3, 0.4) is 0 Å². The molecule has 21 aromatic rings. The molecule has 6 heteroatoms. The number of fused-ring (bicyclic) bond motifs is 17. The maximum absolute atomic E-state index is 9.71. The quantitative estimate of drug-likeness (QED) is 0.142. The molecule has 0 spiro atoms. The monoisotopic (exact) mass is 1340 g/mol. The van der Waals surface area contributed by atoms with Crippen LogP contribution in [-0.4, -0.2) is 19.1 Å². The van der Waals surface area contributed by atoms with E-state index in [4.69, 9.17) is 9.97 Å². The van der Waals surface area contributed by atoms with E-state index in [1.165, 1.54) is 103 Å². The molecule has 0 atom stereocenters. The minimum absolute atomic E-state index is 0.643. The second-order valence-corrected chi connectivity index (χ2v) is 27.3. The van der Waals surface area contributed by atoms with Gasteiger partial charge >= 0.3 is 0 Å². The van der Waals surface area contributed by atoms with Crippen LogP contribution in [0.1, 0.15) is 11.1 Å². The fourth-order valence-corrected chi connectivity index (χ4v) is 16.6. The lowest BCUT2D eigenvalue weighted by molar-refractivity contribution is 1.18. The van der Waals surface area contributed by atoms with Gasteiger partial charge in [-0.15, -0.1) is 0 Å². The molecule has 21 rings (SSSR count). The molecule has 0 fully saturated rings. The van der Waals surface area contributed by atoms with Crippen LogP contribution in [0.4, 0.5) is 0 Å². The summed E-state index contributed by atoms with van der Waals surface area (Å²) in [6.07, 6.45) is 4.03. The third-order valence-corrected chi connectivity index (χ3v) is 21.5. The second-order valence-electron chi connectivity index (χ2n) is 27.3. The molecule has 0 bridgehead atoms. The molecular weight excluding hydrogens is 1290 g/mol. The van der Waals surface area contributed by atoms with Crippen LogP contribution >= 0.6 is 0 Å². The van der Waals surface area contributed by atoms with E-state index in [9.17, 15) is 10.5 Å². The van der Waals surface area contributed by atoms with Crippen LogP contribution in [0.5, 0.6) is 0 Å².